The molecule has 1 fully saturated rings. The molecule has 0 aromatic carbocycles. The highest BCUT2D eigenvalue weighted by Gasteiger charge is 2.19. The zero-order valence-electron chi connectivity index (χ0n) is 12.2. The summed E-state index contributed by atoms with van der Waals surface area (Å²) < 4.78 is 0. The lowest BCUT2D eigenvalue weighted by Crippen LogP contribution is -2.46. The smallest absolute Gasteiger partial charge is 0.321 e. The van der Waals surface area contributed by atoms with Crippen molar-refractivity contribution in [2.75, 3.05) is 42.9 Å². The van der Waals surface area contributed by atoms with Gasteiger partial charge >= 0.3 is 6.03 Å². The standard InChI is InChI=1S/C12H22N6OS/c1-4-17-5-7-18(8-6-17)12-16-15-11(20-12)14-10(19)13-9(2)3/h9H,4-8H2,1-3H3,(H2,13,14,15,19). The second-order valence-corrected chi connectivity index (χ2v) is 6.02. The van der Waals surface area contributed by atoms with Crippen molar-refractivity contribution in [1.29, 1.82) is 0 Å². The van der Waals surface area contributed by atoms with Crippen LogP contribution in [0.5, 0.6) is 0 Å². The molecule has 112 valence electrons. The number of amides is 2. The molecular weight excluding hydrogens is 276 g/mol. The quantitative estimate of drug-likeness (QED) is 0.874. The van der Waals surface area contributed by atoms with E-state index in [4.69, 9.17) is 0 Å². The van der Waals surface area contributed by atoms with Crippen LogP contribution in [0.3, 0.4) is 0 Å². The predicted octanol–water partition coefficient (Wildman–Crippen LogP) is 1.21. The number of piperazine rings is 1. The van der Waals surface area contributed by atoms with Crippen LogP contribution in [0.1, 0.15) is 20.8 Å². The van der Waals surface area contributed by atoms with E-state index in [0.717, 1.165) is 37.9 Å². The number of hydrogen-bond acceptors (Lipinski definition) is 6. The molecule has 2 rings (SSSR count). The Morgan fingerprint density at radius 2 is 2.00 bits per heavy atom. The first-order valence-corrected chi connectivity index (χ1v) is 7.78. The number of anilines is 2. The van der Waals surface area contributed by atoms with E-state index in [1.165, 1.54) is 11.3 Å². The third kappa shape index (κ3) is 4.04. The Hall–Kier alpha value is -1.41. The van der Waals surface area contributed by atoms with Crippen molar-refractivity contribution < 1.29 is 4.79 Å². The molecule has 1 aliphatic heterocycles. The van der Waals surface area contributed by atoms with E-state index in [2.05, 4.69) is 37.6 Å². The van der Waals surface area contributed by atoms with Crippen molar-refractivity contribution >= 4 is 27.6 Å². The van der Waals surface area contributed by atoms with Crippen LogP contribution in [0.25, 0.3) is 0 Å². The summed E-state index contributed by atoms with van der Waals surface area (Å²) >= 11 is 1.42. The number of rotatable bonds is 4. The van der Waals surface area contributed by atoms with Gasteiger partial charge in [0.05, 0.1) is 0 Å². The first kappa shape index (κ1) is 15.0. The molecule has 1 saturated heterocycles. The van der Waals surface area contributed by atoms with E-state index in [1.54, 1.807) is 0 Å². The van der Waals surface area contributed by atoms with E-state index < -0.39 is 0 Å². The fraction of sp³-hybridized carbons (Fsp3) is 0.750. The average Bonchev–Trinajstić information content (AvgIpc) is 2.86. The Morgan fingerprint density at radius 1 is 1.30 bits per heavy atom. The van der Waals surface area contributed by atoms with E-state index >= 15 is 0 Å². The molecule has 0 aliphatic carbocycles. The maximum absolute atomic E-state index is 11.6. The molecular formula is C12H22N6OS. The fourth-order valence-electron chi connectivity index (χ4n) is 2.04. The maximum atomic E-state index is 11.6. The normalized spacial score (nSPS) is 16.5. The second-order valence-electron chi connectivity index (χ2n) is 5.06. The lowest BCUT2D eigenvalue weighted by molar-refractivity contribution is 0.250. The van der Waals surface area contributed by atoms with Crippen LogP contribution in [0.4, 0.5) is 15.1 Å². The van der Waals surface area contributed by atoms with Crippen LogP contribution < -0.4 is 15.5 Å². The summed E-state index contributed by atoms with van der Waals surface area (Å²) in [6, 6.07) is -0.136. The van der Waals surface area contributed by atoms with E-state index in [0.29, 0.717) is 5.13 Å². The number of aromatic nitrogens is 2. The number of hydrogen-bond donors (Lipinski definition) is 2. The van der Waals surface area contributed by atoms with E-state index in [9.17, 15) is 4.79 Å². The average molecular weight is 298 g/mol. The van der Waals surface area contributed by atoms with Crippen molar-refractivity contribution in [1.82, 2.24) is 20.4 Å². The monoisotopic (exact) mass is 298 g/mol. The number of urea groups is 1. The summed E-state index contributed by atoms with van der Waals surface area (Å²) in [5.74, 6) is 0. The van der Waals surface area contributed by atoms with Crippen LogP contribution >= 0.6 is 11.3 Å². The molecule has 1 aromatic heterocycles. The molecule has 7 nitrogen and oxygen atoms in total. The SMILES string of the molecule is CCN1CCN(c2nnc(NC(=O)NC(C)C)s2)CC1. The molecule has 0 spiro atoms. The number of nitrogens with zero attached hydrogens (tertiary/aromatic N) is 4. The number of likely N-dealkylation sites (N-methyl/N-ethyl adjacent to an activating group) is 1. The van der Waals surface area contributed by atoms with Crippen LogP contribution in [0.15, 0.2) is 0 Å². The Bertz CT molecular complexity index is 441. The molecule has 0 radical (unpaired) electrons. The lowest BCUT2D eigenvalue weighted by Gasteiger charge is -2.33. The third-order valence-corrected chi connectivity index (χ3v) is 4.04. The minimum atomic E-state index is -0.237. The van der Waals surface area contributed by atoms with Crippen LogP contribution in [0.2, 0.25) is 0 Å². The minimum Gasteiger partial charge on any atom is -0.344 e. The van der Waals surface area contributed by atoms with Crippen molar-refractivity contribution in [3.05, 3.63) is 0 Å². The van der Waals surface area contributed by atoms with Crippen molar-refractivity contribution in [3.8, 4) is 0 Å². The number of carbonyl (C=O) groups is 1. The first-order chi connectivity index (χ1) is 9.58. The molecule has 2 N–H and O–H groups in total. The molecule has 0 unspecified atom stereocenters. The second kappa shape index (κ2) is 6.85. The van der Waals surface area contributed by atoms with Gasteiger partial charge in [-0.1, -0.05) is 18.3 Å². The molecule has 0 saturated carbocycles. The van der Waals surface area contributed by atoms with Gasteiger partial charge in [0.2, 0.25) is 10.3 Å². The van der Waals surface area contributed by atoms with Crippen molar-refractivity contribution in [2.24, 2.45) is 0 Å². The summed E-state index contributed by atoms with van der Waals surface area (Å²) in [5, 5.41) is 15.1. The highest BCUT2D eigenvalue weighted by Crippen LogP contribution is 2.24. The minimum absolute atomic E-state index is 0.101. The van der Waals surface area contributed by atoms with Gasteiger partial charge in [-0.2, -0.15) is 0 Å². The Morgan fingerprint density at radius 3 is 2.60 bits per heavy atom. The fourth-order valence-corrected chi connectivity index (χ4v) is 2.84. The molecule has 2 heterocycles. The summed E-state index contributed by atoms with van der Waals surface area (Å²) in [7, 11) is 0. The van der Waals surface area contributed by atoms with Gasteiger partial charge in [0.25, 0.3) is 0 Å². The molecule has 0 bridgehead atoms. The van der Waals surface area contributed by atoms with Gasteiger partial charge in [0, 0.05) is 32.2 Å². The maximum Gasteiger partial charge on any atom is 0.321 e. The van der Waals surface area contributed by atoms with Gasteiger partial charge in [-0.25, -0.2) is 4.79 Å². The third-order valence-electron chi connectivity index (χ3n) is 3.14. The van der Waals surface area contributed by atoms with Gasteiger partial charge < -0.3 is 15.1 Å². The topological polar surface area (TPSA) is 73.4 Å². The molecule has 20 heavy (non-hydrogen) atoms. The van der Waals surface area contributed by atoms with Gasteiger partial charge in [-0.3, -0.25) is 5.32 Å². The summed E-state index contributed by atoms with van der Waals surface area (Å²) in [6.07, 6.45) is 0. The Balaban J connectivity index is 1.87. The molecule has 1 aliphatic rings. The van der Waals surface area contributed by atoms with Crippen molar-refractivity contribution in [2.45, 2.75) is 26.8 Å². The van der Waals surface area contributed by atoms with Crippen LogP contribution in [-0.2, 0) is 0 Å². The van der Waals surface area contributed by atoms with Crippen molar-refractivity contribution in [3.63, 3.8) is 0 Å². The Labute approximate surface area is 123 Å². The summed E-state index contributed by atoms with van der Waals surface area (Å²) in [5.41, 5.74) is 0. The first-order valence-electron chi connectivity index (χ1n) is 6.96. The molecule has 2 amide bonds. The zero-order valence-corrected chi connectivity index (χ0v) is 13.0. The van der Waals surface area contributed by atoms with Crippen LogP contribution in [-0.4, -0.2) is 59.9 Å². The van der Waals surface area contributed by atoms with Gasteiger partial charge in [-0.15, -0.1) is 10.2 Å². The van der Waals surface area contributed by atoms with E-state index in [-0.39, 0.29) is 12.1 Å². The lowest BCUT2D eigenvalue weighted by atomic mass is 10.3. The Kier molecular flexibility index (Phi) is 5.13. The largest absolute Gasteiger partial charge is 0.344 e. The molecule has 8 heteroatoms. The molecule has 1 aromatic rings. The highest BCUT2D eigenvalue weighted by atomic mass is 32.1. The van der Waals surface area contributed by atoms with Gasteiger partial charge in [-0.05, 0) is 20.4 Å². The number of nitrogens with one attached hydrogen (secondary N) is 2. The van der Waals surface area contributed by atoms with Gasteiger partial charge in [0.15, 0.2) is 0 Å². The summed E-state index contributed by atoms with van der Waals surface area (Å²) in [4.78, 5) is 16.2. The predicted molar refractivity (Wildman–Crippen MR) is 81.5 cm³/mol. The molecule has 0 atom stereocenters. The summed E-state index contributed by atoms with van der Waals surface area (Å²) in [6.45, 7) is 11.1. The van der Waals surface area contributed by atoms with Crippen LogP contribution in [0, 0.1) is 0 Å². The number of carbonyl (C=O) groups excluding carboxylic acids is 1. The van der Waals surface area contributed by atoms with E-state index in [1.807, 2.05) is 13.8 Å². The van der Waals surface area contributed by atoms with Gasteiger partial charge in [0.1, 0.15) is 0 Å². The highest BCUT2D eigenvalue weighted by molar-refractivity contribution is 7.19. The zero-order chi connectivity index (χ0) is 14.5.